The van der Waals surface area contributed by atoms with Crippen molar-refractivity contribution in [3.8, 4) is 5.75 Å². The topological polar surface area (TPSA) is 103 Å². The molecular formula is C34H31N3O5S. The van der Waals surface area contributed by atoms with Gasteiger partial charge in [-0.1, -0.05) is 60.7 Å². The highest BCUT2D eigenvalue weighted by molar-refractivity contribution is 7.99. The molecule has 2 N–H and O–H groups in total. The second-order valence-electron chi connectivity index (χ2n) is 10.1. The van der Waals surface area contributed by atoms with E-state index >= 15 is 0 Å². The molecule has 1 aromatic heterocycles. The minimum absolute atomic E-state index is 0.0149. The number of thioether (sulfide) groups is 1. The summed E-state index contributed by atoms with van der Waals surface area (Å²) in [7, 11) is 1.67. The molecule has 0 radical (unpaired) electrons. The third-order valence-corrected chi connectivity index (χ3v) is 8.39. The van der Waals surface area contributed by atoms with Gasteiger partial charge >= 0.3 is 0 Å². The van der Waals surface area contributed by atoms with Gasteiger partial charge in [-0.25, -0.2) is 4.98 Å². The lowest BCUT2D eigenvalue weighted by atomic mass is 10.0. The average Bonchev–Trinajstić information content (AvgIpc) is 3.07. The van der Waals surface area contributed by atoms with Gasteiger partial charge < -0.3 is 24.6 Å². The lowest BCUT2D eigenvalue weighted by molar-refractivity contribution is -0.245. The van der Waals surface area contributed by atoms with E-state index in [2.05, 4.69) is 15.3 Å². The maximum atomic E-state index is 13.1. The highest BCUT2D eigenvalue weighted by Gasteiger charge is 2.32. The fraction of sp³-hybridized carbons (Fsp3) is 0.206. The molecule has 2 heterocycles. The fourth-order valence-corrected chi connectivity index (χ4v) is 6.02. The van der Waals surface area contributed by atoms with Gasteiger partial charge in [-0.3, -0.25) is 9.78 Å². The zero-order valence-corrected chi connectivity index (χ0v) is 24.4. The molecular weight excluding hydrogens is 562 g/mol. The lowest BCUT2D eigenvalue weighted by Crippen LogP contribution is -2.31. The zero-order chi connectivity index (χ0) is 29.6. The van der Waals surface area contributed by atoms with Crippen molar-refractivity contribution in [2.75, 3.05) is 18.2 Å². The number of rotatable bonds is 9. The van der Waals surface area contributed by atoms with Crippen LogP contribution in [0, 0.1) is 0 Å². The van der Waals surface area contributed by atoms with Crippen LogP contribution in [0.2, 0.25) is 0 Å². The number of anilines is 1. The number of para-hydroxylation sites is 3. The molecule has 0 aliphatic carbocycles. The van der Waals surface area contributed by atoms with Crippen LogP contribution < -0.4 is 10.1 Å². The van der Waals surface area contributed by atoms with E-state index in [0.29, 0.717) is 23.4 Å². The summed E-state index contributed by atoms with van der Waals surface area (Å²) in [5, 5.41) is 12.4. The molecule has 9 heteroatoms. The molecule has 1 aliphatic rings. The van der Waals surface area contributed by atoms with Gasteiger partial charge in [0.2, 0.25) is 0 Å². The second-order valence-corrected chi connectivity index (χ2v) is 11.2. The van der Waals surface area contributed by atoms with Gasteiger partial charge in [0.05, 0.1) is 43.2 Å². The number of amides is 1. The number of aliphatic hydroxyl groups excluding tert-OH is 1. The van der Waals surface area contributed by atoms with Crippen molar-refractivity contribution in [3.63, 3.8) is 0 Å². The second kappa shape index (κ2) is 13.4. The van der Waals surface area contributed by atoms with Gasteiger partial charge in [-0.2, -0.15) is 0 Å². The molecule has 8 nitrogen and oxygen atoms in total. The third kappa shape index (κ3) is 6.87. The van der Waals surface area contributed by atoms with E-state index in [9.17, 15) is 9.90 Å². The van der Waals surface area contributed by atoms with Gasteiger partial charge in [0.25, 0.3) is 5.91 Å². The quantitative estimate of drug-likeness (QED) is 0.182. The first kappa shape index (κ1) is 28.8. The van der Waals surface area contributed by atoms with Gasteiger partial charge in [-0.05, 0) is 47.5 Å². The van der Waals surface area contributed by atoms with Crippen LogP contribution in [0.15, 0.2) is 108 Å². The van der Waals surface area contributed by atoms with Crippen LogP contribution in [0.3, 0.4) is 0 Å². The van der Waals surface area contributed by atoms with Crippen LogP contribution in [0.25, 0.3) is 11.0 Å². The van der Waals surface area contributed by atoms with Gasteiger partial charge in [0.15, 0.2) is 6.29 Å². The van der Waals surface area contributed by atoms with Crippen LogP contribution in [0.1, 0.15) is 46.0 Å². The number of hydrogen-bond acceptors (Lipinski definition) is 8. The minimum Gasteiger partial charge on any atom is -0.496 e. The van der Waals surface area contributed by atoms with Crippen LogP contribution in [0.4, 0.5) is 5.69 Å². The van der Waals surface area contributed by atoms with E-state index in [1.807, 2.05) is 97.1 Å². The van der Waals surface area contributed by atoms with Crippen molar-refractivity contribution in [1.29, 1.82) is 0 Å². The first-order chi connectivity index (χ1) is 21.1. The molecule has 0 saturated carbocycles. The highest BCUT2D eigenvalue weighted by Crippen LogP contribution is 2.40. The van der Waals surface area contributed by atoms with Gasteiger partial charge in [-0.15, -0.1) is 11.8 Å². The lowest BCUT2D eigenvalue weighted by Gasteiger charge is -2.36. The number of aromatic nitrogens is 2. The molecule has 5 aromatic rings. The van der Waals surface area contributed by atoms with Crippen LogP contribution in [0.5, 0.6) is 5.75 Å². The Hall–Kier alpha value is -4.28. The Kier molecular flexibility index (Phi) is 8.95. The van der Waals surface area contributed by atoms with Crippen LogP contribution in [-0.2, 0) is 16.1 Å². The minimum atomic E-state index is -0.656. The van der Waals surface area contributed by atoms with Crippen molar-refractivity contribution in [2.45, 2.75) is 36.4 Å². The van der Waals surface area contributed by atoms with Crippen molar-refractivity contribution in [3.05, 3.63) is 126 Å². The molecule has 1 aliphatic heterocycles. The van der Waals surface area contributed by atoms with Crippen molar-refractivity contribution >= 4 is 34.4 Å². The molecule has 1 saturated heterocycles. The van der Waals surface area contributed by atoms with E-state index in [-0.39, 0.29) is 30.4 Å². The Morgan fingerprint density at radius 2 is 1.74 bits per heavy atom. The van der Waals surface area contributed by atoms with E-state index in [1.54, 1.807) is 18.9 Å². The number of hydrogen-bond donors (Lipinski definition) is 2. The number of carbonyl (C=O) groups is 1. The standard InChI is InChI=1S/C34H31N3O5S/c1-40-30-11-4-5-12-32(30)43-21-26-18-31(23-15-13-22(20-38)14-16-23)42-34(41-26)24-7-6-8-25(17-24)36-33(39)29-19-35-27-9-2-3-10-28(27)37-29/h2-17,19,26,31,34,38H,18,20-21H2,1H3,(H,36,39). The molecule has 1 amide bonds. The Balaban J connectivity index is 1.22. The SMILES string of the molecule is COc1ccccc1SCC1CC(c2ccc(CO)cc2)OC(c2cccc(NC(=O)c3cnc4ccccc4n3)c2)O1. The molecule has 0 bridgehead atoms. The zero-order valence-electron chi connectivity index (χ0n) is 23.6. The molecule has 43 heavy (non-hydrogen) atoms. The van der Waals surface area contributed by atoms with Crippen molar-refractivity contribution in [1.82, 2.24) is 9.97 Å². The van der Waals surface area contributed by atoms with E-state index in [0.717, 1.165) is 32.9 Å². The van der Waals surface area contributed by atoms with Crippen molar-refractivity contribution < 1.29 is 24.1 Å². The fourth-order valence-electron chi connectivity index (χ4n) is 4.97. The number of ether oxygens (including phenoxy) is 3. The Labute approximate surface area is 254 Å². The summed E-state index contributed by atoms with van der Waals surface area (Å²) in [4.78, 5) is 22.9. The van der Waals surface area contributed by atoms with Crippen LogP contribution in [-0.4, -0.2) is 39.9 Å². The number of nitrogens with one attached hydrogen (secondary N) is 1. The maximum absolute atomic E-state index is 13.1. The number of aliphatic hydroxyl groups is 1. The summed E-state index contributed by atoms with van der Waals surface area (Å²) in [5.74, 6) is 1.17. The summed E-state index contributed by atoms with van der Waals surface area (Å²) in [5.41, 5.74) is 4.85. The number of benzene rings is 4. The molecule has 3 unspecified atom stereocenters. The highest BCUT2D eigenvalue weighted by atomic mass is 32.2. The van der Waals surface area contributed by atoms with Gasteiger partial charge in [0, 0.05) is 28.3 Å². The molecule has 4 aromatic carbocycles. The number of fused-ring (bicyclic) bond motifs is 1. The molecule has 1 fully saturated rings. The summed E-state index contributed by atoms with van der Waals surface area (Å²) in [6.07, 6.45) is 1.14. The Morgan fingerprint density at radius 1 is 0.953 bits per heavy atom. The van der Waals surface area contributed by atoms with E-state index in [1.165, 1.54) is 6.20 Å². The normalized spacial score (nSPS) is 18.3. The molecule has 3 atom stereocenters. The van der Waals surface area contributed by atoms with Gasteiger partial charge in [0.1, 0.15) is 11.4 Å². The van der Waals surface area contributed by atoms with Crippen LogP contribution >= 0.6 is 11.8 Å². The van der Waals surface area contributed by atoms with Crippen molar-refractivity contribution in [2.24, 2.45) is 0 Å². The number of nitrogens with zero attached hydrogens (tertiary/aromatic N) is 2. The Bertz CT molecular complexity index is 1710. The first-order valence-electron chi connectivity index (χ1n) is 14.0. The molecule has 0 spiro atoms. The predicted molar refractivity (Wildman–Crippen MR) is 166 cm³/mol. The van der Waals surface area contributed by atoms with E-state index < -0.39 is 6.29 Å². The summed E-state index contributed by atoms with van der Waals surface area (Å²) >= 11 is 1.68. The largest absolute Gasteiger partial charge is 0.496 e. The summed E-state index contributed by atoms with van der Waals surface area (Å²) in [6, 6.07) is 30.6. The monoisotopic (exact) mass is 593 g/mol. The number of carbonyl (C=O) groups excluding carboxylic acids is 1. The average molecular weight is 594 g/mol. The predicted octanol–water partition coefficient (Wildman–Crippen LogP) is 6.72. The third-order valence-electron chi connectivity index (χ3n) is 7.21. The summed E-state index contributed by atoms with van der Waals surface area (Å²) < 4.78 is 18.5. The first-order valence-corrected chi connectivity index (χ1v) is 15.0. The van der Waals surface area contributed by atoms with E-state index in [4.69, 9.17) is 14.2 Å². The smallest absolute Gasteiger partial charge is 0.275 e. The molecule has 6 rings (SSSR count). The number of methoxy groups -OCH3 is 1. The molecule has 218 valence electrons. The summed E-state index contributed by atoms with van der Waals surface area (Å²) in [6.45, 7) is -0.0149. The maximum Gasteiger partial charge on any atom is 0.275 e. The Morgan fingerprint density at radius 3 is 2.56 bits per heavy atom.